The van der Waals surface area contributed by atoms with Crippen LogP contribution in [0.25, 0.3) is 0 Å². The highest BCUT2D eigenvalue weighted by Gasteiger charge is 2.21. The highest BCUT2D eigenvalue weighted by atomic mass is 16.5. The lowest BCUT2D eigenvalue weighted by molar-refractivity contribution is 0.223. The van der Waals surface area contributed by atoms with Crippen LogP contribution in [0.4, 0.5) is 0 Å². The van der Waals surface area contributed by atoms with Crippen LogP contribution in [-0.2, 0) is 0 Å². The Hall–Kier alpha value is -1.03. The molecule has 4 nitrogen and oxygen atoms in total. The van der Waals surface area contributed by atoms with Gasteiger partial charge in [-0.2, -0.15) is 5.16 Å². The van der Waals surface area contributed by atoms with Crippen LogP contribution in [0.5, 0.6) is 0 Å². The van der Waals surface area contributed by atoms with E-state index in [1.54, 1.807) is 6.07 Å². The van der Waals surface area contributed by atoms with E-state index < -0.39 is 0 Å². The molecule has 0 amide bonds. The maximum absolute atomic E-state index is 10.9. The zero-order valence-corrected chi connectivity index (χ0v) is 7.75. The maximum Gasteiger partial charge on any atom is 0.280 e. The minimum atomic E-state index is -0.136. The molecule has 72 valence electrons. The second-order valence-corrected chi connectivity index (χ2v) is 3.72. The fourth-order valence-electron chi connectivity index (χ4n) is 1.90. The fourth-order valence-corrected chi connectivity index (χ4v) is 1.90. The molecule has 0 aromatic carbocycles. The summed E-state index contributed by atoms with van der Waals surface area (Å²) in [7, 11) is 2.09. The third-order valence-corrected chi connectivity index (χ3v) is 2.57. The summed E-state index contributed by atoms with van der Waals surface area (Å²) in [6, 6.07) is 1.56. The Kier molecular flexibility index (Phi) is 2.22. The monoisotopic (exact) mass is 182 g/mol. The summed E-state index contributed by atoms with van der Waals surface area (Å²) in [6.45, 7) is 2.13. The van der Waals surface area contributed by atoms with Gasteiger partial charge in [0.2, 0.25) is 0 Å². The highest BCUT2D eigenvalue weighted by molar-refractivity contribution is 5.04. The van der Waals surface area contributed by atoms with Gasteiger partial charge < -0.3 is 9.42 Å². The first-order valence-corrected chi connectivity index (χ1v) is 4.62. The molecule has 1 atom stereocenters. The van der Waals surface area contributed by atoms with Crippen molar-refractivity contribution in [1.29, 1.82) is 0 Å². The first-order chi connectivity index (χ1) is 6.25. The van der Waals surface area contributed by atoms with Crippen molar-refractivity contribution in [2.75, 3.05) is 20.1 Å². The SMILES string of the molecule is CN1CCC[C@@H](c2cc(=O)[nH]o2)C1. The van der Waals surface area contributed by atoms with Gasteiger partial charge in [0.05, 0.1) is 0 Å². The van der Waals surface area contributed by atoms with Crippen molar-refractivity contribution in [3.05, 3.63) is 22.2 Å². The average molecular weight is 182 g/mol. The van der Waals surface area contributed by atoms with E-state index in [1.165, 1.54) is 6.42 Å². The molecule has 0 spiro atoms. The van der Waals surface area contributed by atoms with E-state index in [4.69, 9.17) is 4.52 Å². The van der Waals surface area contributed by atoms with E-state index in [-0.39, 0.29) is 5.56 Å². The zero-order valence-electron chi connectivity index (χ0n) is 7.75. The van der Waals surface area contributed by atoms with Crippen LogP contribution >= 0.6 is 0 Å². The van der Waals surface area contributed by atoms with Crippen molar-refractivity contribution in [1.82, 2.24) is 10.1 Å². The Labute approximate surface area is 76.5 Å². The van der Waals surface area contributed by atoms with Gasteiger partial charge in [-0.15, -0.1) is 0 Å². The topological polar surface area (TPSA) is 49.2 Å². The van der Waals surface area contributed by atoms with Gasteiger partial charge in [-0.05, 0) is 26.4 Å². The number of nitrogens with zero attached hydrogens (tertiary/aromatic N) is 1. The molecule has 0 saturated carbocycles. The predicted octanol–water partition coefficient (Wildman–Crippen LogP) is 0.777. The first kappa shape index (κ1) is 8.56. The number of aromatic amines is 1. The fraction of sp³-hybridized carbons (Fsp3) is 0.667. The largest absolute Gasteiger partial charge is 0.383 e. The van der Waals surface area contributed by atoms with Crippen molar-refractivity contribution < 1.29 is 4.52 Å². The van der Waals surface area contributed by atoms with Crippen molar-refractivity contribution in [3.63, 3.8) is 0 Å². The molecule has 1 aromatic heterocycles. The number of hydrogen-bond acceptors (Lipinski definition) is 3. The van der Waals surface area contributed by atoms with Crippen molar-refractivity contribution >= 4 is 0 Å². The maximum atomic E-state index is 10.9. The van der Waals surface area contributed by atoms with Gasteiger partial charge in [-0.1, -0.05) is 0 Å². The van der Waals surface area contributed by atoms with Crippen molar-refractivity contribution in [2.45, 2.75) is 18.8 Å². The van der Waals surface area contributed by atoms with Crippen molar-refractivity contribution in [3.8, 4) is 0 Å². The number of H-pyrrole nitrogens is 1. The molecule has 0 bridgehead atoms. The number of likely N-dealkylation sites (N-methyl/N-ethyl adjacent to an activating group) is 1. The molecule has 1 aliphatic rings. The van der Waals surface area contributed by atoms with Gasteiger partial charge >= 0.3 is 0 Å². The lowest BCUT2D eigenvalue weighted by Crippen LogP contribution is -2.30. The summed E-state index contributed by atoms with van der Waals surface area (Å²) in [5, 5.41) is 2.33. The van der Waals surface area contributed by atoms with Crippen LogP contribution in [0.3, 0.4) is 0 Å². The quantitative estimate of drug-likeness (QED) is 0.698. The lowest BCUT2D eigenvalue weighted by atomic mass is 9.96. The molecular formula is C9H14N2O2. The Morgan fingerprint density at radius 2 is 2.54 bits per heavy atom. The summed E-state index contributed by atoms with van der Waals surface area (Å²) < 4.78 is 5.09. The molecule has 4 heteroatoms. The van der Waals surface area contributed by atoms with Gasteiger partial charge in [-0.25, -0.2) is 0 Å². The normalized spacial score (nSPS) is 24.8. The minimum absolute atomic E-state index is 0.136. The molecule has 0 unspecified atom stereocenters. The average Bonchev–Trinajstić information content (AvgIpc) is 2.52. The smallest absolute Gasteiger partial charge is 0.280 e. The highest BCUT2D eigenvalue weighted by Crippen LogP contribution is 2.24. The predicted molar refractivity (Wildman–Crippen MR) is 48.8 cm³/mol. The molecule has 13 heavy (non-hydrogen) atoms. The molecule has 1 aromatic rings. The van der Waals surface area contributed by atoms with Crippen molar-refractivity contribution in [2.24, 2.45) is 0 Å². The van der Waals surface area contributed by atoms with Gasteiger partial charge in [0, 0.05) is 18.5 Å². The molecule has 1 aliphatic heterocycles. The van der Waals surface area contributed by atoms with Gasteiger partial charge in [0.1, 0.15) is 5.76 Å². The lowest BCUT2D eigenvalue weighted by Gasteiger charge is -2.27. The van der Waals surface area contributed by atoms with Gasteiger partial charge in [0.15, 0.2) is 0 Å². The Morgan fingerprint density at radius 3 is 3.15 bits per heavy atom. The number of rotatable bonds is 1. The van der Waals surface area contributed by atoms with Crippen LogP contribution in [0, 0.1) is 0 Å². The standard InChI is InChI=1S/C9H14N2O2/c1-11-4-2-3-7(6-11)8-5-9(12)10-13-8/h5,7H,2-4,6H2,1H3,(H,10,12)/t7-/m1/s1. The Balaban J connectivity index is 2.12. The van der Waals surface area contributed by atoms with Crippen LogP contribution in [0.1, 0.15) is 24.5 Å². The van der Waals surface area contributed by atoms with Crippen LogP contribution < -0.4 is 5.56 Å². The van der Waals surface area contributed by atoms with Gasteiger partial charge in [0.25, 0.3) is 5.56 Å². The second-order valence-electron chi connectivity index (χ2n) is 3.72. The number of likely N-dealkylation sites (tertiary alicyclic amines) is 1. The molecular weight excluding hydrogens is 168 g/mol. The summed E-state index contributed by atoms with van der Waals surface area (Å²) >= 11 is 0. The third-order valence-electron chi connectivity index (χ3n) is 2.57. The Morgan fingerprint density at radius 1 is 1.69 bits per heavy atom. The number of hydrogen-bond donors (Lipinski definition) is 1. The molecule has 1 fully saturated rings. The van der Waals surface area contributed by atoms with E-state index in [2.05, 4.69) is 17.1 Å². The molecule has 0 aliphatic carbocycles. The second kappa shape index (κ2) is 3.38. The number of nitrogens with one attached hydrogen (secondary N) is 1. The molecule has 2 heterocycles. The van der Waals surface area contributed by atoms with Crippen LogP contribution in [-0.4, -0.2) is 30.2 Å². The summed E-state index contributed by atoms with van der Waals surface area (Å²) in [4.78, 5) is 13.1. The first-order valence-electron chi connectivity index (χ1n) is 4.62. The van der Waals surface area contributed by atoms with E-state index in [0.29, 0.717) is 5.92 Å². The van der Waals surface area contributed by atoms with E-state index in [0.717, 1.165) is 25.3 Å². The van der Waals surface area contributed by atoms with Crippen LogP contribution in [0.2, 0.25) is 0 Å². The van der Waals surface area contributed by atoms with Gasteiger partial charge in [-0.3, -0.25) is 4.79 Å². The van der Waals surface area contributed by atoms with E-state index in [1.807, 2.05) is 0 Å². The molecule has 1 N–H and O–H groups in total. The number of piperidine rings is 1. The van der Waals surface area contributed by atoms with Crippen LogP contribution in [0.15, 0.2) is 15.4 Å². The zero-order chi connectivity index (χ0) is 9.26. The Bertz CT molecular complexity index is 328. The molecule has 0 radical (unpaired) electrons. The van der Waals surface area contributed by atoms with E-state index >= 15 is 0 Å². The minimum Gasteiger partial charge on any atom is -0.383 e. The number of aromatic nitrogens is 1. The summed E-state index contributed by atoms with van der Waals surface area (Å²) in [5.41, 5.74) is -0.136. The van der Waals surface area contributed by atoms with E-state index in [9.17, 15) is 4.79 Å². The summed E-state index contributed by atoms with van der Waals surface area (Å²) in [5.74, 6) is 1.19. The third kappa shape index (κ3) is 1.83. The molecule has 2 rings (SSSR count). The molecule has 1 saturated heterocycles. The summed E-state index contributed by atoms with van der Waals surface area (Å²) in [6.07, 6.45) is 2.29.